The number of hydrogen-bond acceptors (Lipinski definition) is 5. The third kappa shape index (κ3) is 4.45. The van der Waals surface area contributed by atoms with Crippen LogP contribution in [-0.2, 0) is 10.0 Å². The van der Waals surface area contributed by atoms with Gasteiger partial charge in [-0.15, -0.1) is 0 Å². The summed E-state index contributed by atoms with van der Waals surface area (Å²) in [6, 6.07) is 3.32. The number of rotatable bonds is 6. The minimum absolute atomic E-state index is 0.0112. The van der Waals surface area contributed by atoms with Gasteiger partial charge in [-0.2, -0.15) is 0 Å². The monoisotopic (exact) mass is 244 g/mol. The molecule has 0 saturated carbocycles. The molecule has 6 nitrogen and oxygen atoms in total. The van der Waals surface area contributed by atoms with Crippen LogP contribution >= 0.6 is 0 Å². The van der Waals surface area contributed by atoms with Gasteiger partial charge < -0.3 is 11.1 Å². The third-order valence-electron chi connectivity index (χ3n) is 1.83. The number of anilines is 2. The predicted octanol–water partition coefficient (Wildman–Crippen LogP) is 0.0150. The maximum atomic E-state index is 11.3. The minimum Gasteiger partial charge on any atom is -0.399 e. The van der Waals surface area contributed by atoms with Crippen LogP contribution < -0.4 is 15.8 Å². The molecule has 0 aromatic carbocycles. The standard InChI is InChI=1S/C9H16N4O2S/c1-2-13-16(14,15)6-5-12-9-7-8(10)3-4-11-9/h3-4,7,13H,2,5-6H2,1H3,(H3,10,11,12). The predicted molar refractivity (Wildman–Crippen MR) is 64.6 cm³/mol. The molecule has 1 aromatic rings. The molecule has 1 aromatic heterocycles. The summed E-state index contributed by atoms with van der Waals surface area (Å²) >= 11 is 0. The van der Waals surface area contributed by atoms with Crippen LogP contribution in [0.4, 0.5) is 11.5 Å². The lowest BCUT2D eigenvalue weighted by Gasteiger charge is -2.07. The average Bonchev–Trinajstić information content (AvgIpc) is 2.17. The molecule has 0 amide bonds. The zero-order chi connectivity index (χ0) is 12.0. The smallest absolute Gasteiger partial charge is 0.213 e. The normalized spacial score (nSPS) is 11.3. The molecule has 0 saturated heterocycles. The molecule has 7 heteroatoms. The van der Waals surface area contributed by atoms with E-state index in [1.807, 2.05) is 0 Å². The van der Waals surface area contributed by atoms with Crippen LogP contribution in [0.15, 0.2) is 18.3 Å². The van der Waals surface area contributed by atoms with E-state index in [4.69, 9.17) is 5.73 Å². The van der Waals surface area contributed by atoms with Crippen molar-refractivity contribution in [2.75, 3.05) is 29.9 Å². The Kier molecular flexibility index (Phi) is 4.51. The first-order valence-corrected chi connectivity index (χ1v) is 6.61. The molecule has 0 aliphatic rings. The van der Waals surface area contributed by atoms with Gasteiger partial charge in [0.05, 0.1) is 5.75 Å². The van der Waals surface area contributed by atoms with E-state index in [1.54, 1.807) is 25.3 Å². The number of nitrogen functional groups attached to an aromatic ring is 1. The Morgan fingerprint density at radius 2 is 2.25 bits per heavy atom. The third-order valence-corrected chi connectivity index (χ3v) is 3.30. The van der Waals surface area contributed by atoms with E-state index in [0.717, 1.165) is 0 Å². The SMILES string of the molecule is CCNS(=O)(=O)CCNc1cc(N)ccn1. The number of hydrogen-bond donors (Lipinski definition) is 3. The van der Waals surface area contributed by atoms with Crippen molar-refractivity contribution in [2.24, 2.45) is 0 Å². The molecule has 0 aliphatic carbocycles. The number of sulfonamides is 1. The first-order chi connectivity index (χ1) is 7.53. The van der Waals surface area contributed by atoms with Gasteiger partial charge in [0.1, 0.15) is 5.82 Å². The molecular formula is C9H16N4O2S. The van der Waals surface area contributed by atoms with Crippen molar-refractivity contribution in [1.82, 2.24) is 9.71 Å². The van der Waals surface area contributed by atoms with Crippen LogP contribution in [0.2, 0.25) is 0 Å². The van der Waals surface area contributed by atoms with Gasteiger partial charge in [0.2, 0.25) is 10.0 Å². The molecule has 16 heavy (non-hydrogen) atoms. The van der Waals surface area contributed by atoms with Gasteiger partial charge in [-0.3, -0.25) is 0 Å². The van der Waals surface area contributed by atoms with E-state index < -0.39 is 10.0 Å². The summed E-state index contributed by atoms with van der Waals surface area (Å²) < 4.78 is 25.0. The molecular weight excluding hydrogens is 228 g/mol. The summed E-state index contributed by atoms with van der Waals surface area (Å²) in [6.45, 7) is 2.44. The van der Waals surface area contributed by atoms with Crippen molar-refractivity contribution in [2.45, 2.75) is 6.92 Å². The summed E-state index contributed by atoms with van der Waals surface area (Å²) in [4.78, 5) is 4.00. The number of nitrogens with two attached hydrogens (primary N) is 1. The summed E-state index contributed by atoms with van der Waals surface area (Å²) in [7, 11) is -3.18. The molecule has 4 N–H and O–H groups in total. The first-order valence-electron chi connectivity index (χ1n) is 4.96. The fourth-order valence-electron chi connectivity index (χ4n) is 1.15. The number of nitrogens with zero attached hydrogens (tertiary/aromatic N) is 1. The van der Waals surface area contributed by atoms with Crippen molar-refractivity contribution < 1.29 is 8.42 Å². The lowest BCUT2D eigenvalue weighted by molar-refractivity contribution is 0.584. The second-order valence-corrected chi connectivity index (χ2v) is 5.14. The molecule has 1 heterocycles. The van der Waals surface area contributed by atoms with Crippen LogP contribution in [0, 0.1) is 0 Å². The zero-order valence-corrected chi connectivity index (χ0v) is 9.92. The van der Waals surface area contributed by atoms with Gasteiger partial charge in [0.25, 0.3) is 0 Å². The second kappa shape index (κ2) is 5.66. The average molecular weight is 244 g/mol. The van der Waals surface area contributed by atoms with Crippen molar-refractivity contribution in [3.63, 3.8) is 0 Å². The molecule has 1 rings (SSSR count). The lowest BCUT2D eigenvalue weighted by Crippen LogP contribution is -2.29. The van der Waals surface area contributed by atoms with E-state index in [0.29, 0.717) is 24.6 Å². The van der Waals surface area contributed by atoms with Gasteiger partial charge in [-0.1, -0.05) is 6.92 Å². The van der Waals surface area contributed by atoms with Crippen molar-refractivity contribution in [3.8, 4) is 0 Å². The summed E-state index contributed by atoms with van der Waals surface area (Å²) in [6.07, 6.45) is 1.57. The molecule has 0 atom stereocenters. The summed E-state index contributed by atoms with van der Waals surface area (Å²) in [5.41, 5.74) is 6.14. The molecule has 0 bridgehead atoms. The number of nitrogens with one attached hydrogen (secondary N) is 2. The zero-order valence-electron chi connectivity index (χ0n) is 9.10. The maximum absolute atomic E-state index is 11.3. The number of aromatic nitrogens is 1. The Labute approximate surface area is 95.3 Å². The Morgan fingerprint density at radius 3 is 2.88 bits per heavy atom. The van der Waals surface area contributed by atoms with E-state index in [1.165, 1.54) is 0 Å². The van der Waals surface area contributed by atoms with Gasteiger partial charge in [0.15, 0.2) is 0 Å². The van der Waals surface area contributed by atoms with E-state index in [-0.39, 0.29) is 5.75 Å². The Hall–Kier alpha value is -1.34. The van der Waals surface area contributed by atoms with Gasteiger partial charge in [-0.25, -0.2) is 18.1 Å². The molecule has 0 radical (unpaired) electrons. The van der Waals surface area contributed by atoms with Gasteiger partial charge in [-0.05, 0) is 6.07 Å². The Balaban J connectivity index is 2.42. The molecule has 0 aliphatic heterocycles. The van der Waals surface area contributed by atoms with Gasteiger partial charge in [0, 0.05) is 31.0 Å². The Morgan fingerprint density at radius 1 is 1.50 bits per heavy atom. The van der Waals surface area contributed by atoms with E-state index >= 15 is 0 Å². The highest BCUT2D eigenvalue weighted by Crippen LogP contribution is 2.06. The molecule has 0 spiro atoms. The van der Waals surface area contributed by atoms with Crippen LogP contribution in [0.3, 0.4) is 0 Å². The molecule has 90 valence electrons. The summed E-state index contributed by atoms with van der Waals surface area (Å²) in [5.74, 6) is 0.587. The topological polar surface area (TPSA) is 97.1 Å². The summed E-state index contributed by atoms with van der Waals surface area (Å²) in [5, 5.41) is 2.89. The van der Waals surface area contributed by atoms with Crippen LogP contribution in [0.5, 0.6) is 0 Å². The first kappa shape index (κ1) is 12.7. The largest absolute Gasteiger partial charge is 0.399 e. The van der Waals surface area contributed by atoms with Gasteiger partial charge >= 0.3 is 0 Å². The lowest BCUT2D eigenvalue weighted by atomic mass is 10.4. The molecule has 0 fully saturated rings. The Bertz CT molecular complexity index is 433. The maximum Gasteiger partial charge on any atom is 0.213 e. The fourth-order valence-corrected chi connectivity index (χ4v) is 2.10. The van der Waals surface area contributed by atoms with Crippen molar-refractivity contribution >= 4 is 21.5 Å². The highest BCUT2D eigenvalue weighted by atomic mass is 32.2. The van der Waals surface area contributed by atoms with Crippen molar-refractivity contribution in [1.29, 1.82) is 0 Å². The second-order valence-electron chi connectivity index (χ2n) is 3.22. The quantitative estimate of drug-likeness (QED) is 0.655. The van der Waals surface area contributed by atoms with Crippen molar-refractivity contribution in [3.05, 3.63) is 18.3 Å². The fraction of sp³-hybridized carbons (Fsp3) is 0.444. The van der Waals surface area contributed by atoms with E-state index in [9.17, 15) is 8.42 Å². The highest BCUT2D eigenvalue weighted by Gasteiger charge is 2.07. The van der Waals surface area contributed by atoms with E-state index in [2.05, 4.69) is 15.0 Å². The highest BCUT2D eigenvalue weighted by molar-refractivity contribution is 7.89. The molecule has 0 unspecified atom stereocenters. The van der Waals surface area contributed by atoms with Crippen LogP contribution in [0.25, 0.3) is 0 Å². The van der Waals surface area contributed by atoms with Crippen LogP contribution in [0.1, 0.15) is 6.92 Å². The number of pyridine rings is 1. The minimum atomic E-state index is -3.18. The van der Waals surface area contributed by atoms with Crippen LogP contribution in [-0.4, -0.2) is 32.2 Å².